The van der Waals surface area contributed by atoms with Crippen molar-refractivity contribution < 1.29 is 28.5 Å². The lowest BCUT2D eigenvalue weighted by Crippen LogP contribution is -2.55. The van der Waals surface area contributed by atoms with E-state index in [9.17, 15) is 9.59 Å². The first-order chi connectivity index (χ1) is 18.7. The van der Waals surface area contributed by atoms with Gasteiger partial charge in [-0.25, -0.2) is 0 Å². The van der Waals surface area contributed by atoms with Gasteiger partial charge in [0.2, 0.25) is 0 Å². The van der Waals surface area contributed by atoms with E-state index in [1.165, 1.54) is 7.11 Å². The first-order valence-electron chi connectivity index (χ1n) is 13.9. The lowest BCUT2D eigenvalue weighted by Gasteiger charge is -2.51. The van der Waals surface area contributed by atoms with Crippen molar-refractivity contribution in [2.75, 3.05) is 33.9 Å². The molecule has 5 rings (SSSR count). The number of piperidine rings is 3. The molecular formula is C31H42N2O6. The predicted octanol–water partition coefficient (Wildman–Crippen LogP) is 5.11. The van der Waals surface area contributed by atoms with Gasteiger partial charge in [-0.2, -0.15) is 0 Å². The molecule has 0 saturated carbocycles. The minimum absolute atomic E-state index is 0.0431. The lowest BCUT2D eigenvalue weighted by atomic mass is 9.73. The van der Waals surface area contributed by atoms with Crippen molar-refractivity contribution in [3.05, 3.63) is 48.7 Å². The van der Waals surface area contributed by atoms with Gasteiger partial charge in [0.1, 0.15) is 11.9 Å². The Balaban J connectivity index is 1.66. The van der Waals surface area contributed by atoms with E-state index in [0.29, 0.717) is 18.3 Å². The van der Waals surface area contributed by atoms with E-state index in [-0.39, 0.29) is 31.0 Å². The van der Waals surface area contributed by atoms with Gasteiger partial charge in [-0.1, -0.05) is 13.0 Å². The van der Waals surface area contributed by atoms with Crippen molar-refractivity contribution in [2.45, 2.75) is 64.2 Å². The van der Waals surface area contributed by atoms with Gasteiger partial charge in [-0.05, 0) is 75.8 Å². The van der Waals surface area contributed by atoms with Crippen LogP contribution in [0.15, 0.2) is 43.1 Å². The van der Waals surface area contributed by atoms with Crippen molar-refractivity contribution in [1.29, 1.82) is 0 Å². The Morgan fingerprint density at radius 2 is 2.05 bits per heavy atom. The van der Waals surface area contributed by atoms with Crippen molar-refractivity contribution in [3.8, 4) is 5.75 Å². The first kappa shape index (κ1) is 29.0. The summed E-state index contributed by atoms with van der Waals surface area (Å²) in [6.07, 6.45) is 6.09. The second-order valence-corrected chi connectivity index (χ2v) is 11.1. The fourth-order valence-corrected chi connectivity index (χ4v) is 6.31. The van der Waals surface area contributed by atoms with Gasteiger partial charge >= 0.3 is 11.9 Å². The van der Waals surface area contributed by atoms with Crippen LogP contribution >= 0.6 is 0 Å². The second kappa shape index (κ2) is 12.5. The summed E-state index contributed by atoms with van der Waals surface area (Å²) in [5, 5.41) is 0.916. The van der Waals surface area contributed by atoms with E-state index in [2.05, 4.69) is 22.5 Å². The molecule has 212 valence electrons. The third-order valence-corrected chi connectivity index (χ3v) is 8.58. The van der Waals surface area contributed by atoms with E-state index in [1.54, 1.807) is 13.3 Å². The summed E-state index contributed by atoms with van der Waals surface area (Å²) in [5.41, 5.74) is 0.931. The molecule has 3 fully saturated rings. The van der Waals surface area contributed by atoms with Gasteiger partial charge in [0, 0.05) is 23.7 Å². The zero-order valence-electron chi connectivity index (χ0n) is 23.9. The predicted molar refractivity (Wildman–Crippen MR) is 149 cm³/mol. The Labute approximate surface area is 231 Å². The third-order valence-electron chi connectivity index (χ3n) is 8.58. The average molecular weight is 539 g/mol. The van der Waals surface area contributed by atoms with Gasteiger partial charge in [0.15, 0.2) is 0 Å². The minimum atomic E-state index is -0.826. The van der Waals surface area contributed by atoms with E-state index >= 15 is 0 Å². The van der Waals surface area contributed by atoms with Crippen LogP contribution in [0.2, 0.25) is 0 Å². The summed E-state index contributed by atoms with van der Waals surface area (Å²) in [6, 6.07) is 7.81. The highest BCUT2D eigenvalue weighted by Gasteiger charge is 2.46. The number of aromatic nitrogens is 1. The van der Waals surface area contributed by atoms with Crippen molar-refractivity contribution in [3.63, 3.8) is 0 Å². The number of nitrogens with zero attached hydrogens (tertiary/aromatic N) is 2. The molecule has 3 saturated heterocycles. The maximum Gasteiger partial charge on any atom is 0.312 e. The summed E-state index contributed by atoms with van der Waals surface area (Å²) in [4.78, 5) is 32.5. The number of benzene rings is 1. The quantitative estimate of drug-likeness (QED) is 0.272. The highest BCUT2D eigenvalue weighted by Crippen LogP contribution is 2.44. The number of hydrogen-bond donors (Lipinski definition) is 0. The largest absolute Gasteiger partial charge is 0.497 e. The van der Waals surface area contributed by atoms with Crippen LogP contribution in [0.3, 0.4) is 0 Å². The molecule has 0 N–H and O–H groups in total. The summed E-state index contributed by atoms with van der Waals surface area (Å²) in [5.74, 6) is 0.525. The number of fused-ring (bicyclic) bond motifs is 4. The number of methoxy groups -OCH3 is 2. The monoisotopic (exact) mass is 538 g/mol. The number of ether oxygens (including phenoxy) is 4. The number of esters is 2. The highest BCUT2D eigenvalue weighted by atomic mass is 16.6. The van der Waals surface area contributed by atoms with E-state index in [1.807, 2.05) is 45.0 Å². The van der Waals surface area contributed by atoms with E-state index in [0.717, 1.165) is 48.1 Å². The van der Waals surface area contributed by atoms with E-state index in [4.69, 9.17) is 18.9 Å². The Morgan fingerprint density at radius 1 is 1.26 bits per heavy atom. The lowest BCUT2D eigenvalue weighted by molar-refractivity contribution is -0.174. The number of hydrogen-bond acceptors (Lipinski definition) is 8. The molecule has 0 spiro atoms. The van der Waals surface area contributed by atoms with Gasteiger partial charge < -0.3 is 18.9 Å². The molecule has 3 aliphatic rings. The number of rotatable bonds is 12. The van der Waals surface area contributed by atoms with E-state index < -0.39 is 17.6 Å². The second-order valence-electron chi connectivity index (χ2n) is 11.1. The average Bonchev–Trinajstić information content (AvgIpc) is 2.95. The van der Waals surface area contributed by atoms with Crippen LogP contribution in [-0.4, -0.2) is 67.4 Å². The molecular weight excluding hydrogens is 496 g/mol. The van der Waals surface area contributed by atoms with Crippen LogP contribution in [-0.2, 0) is 23.8 Å². The summed E-state index contributed by atoms with van der Waals surface area (Å²) in [7, 11) is 2.99. The maximum absolute atomic E-state index is 13.9. The van der Waals surface area contributed by atoms with Crippen molar-refractivity contribution in [2.24, 2.45) is 17.8 Å². The smallest absolute Gasteiger partial charge is 0.312 e. The molecule has 1 aromatic carbocycles. The van der Waals surface area contributed by atoms with Gasteiger partial charge in [-0.3, -0.25) is 19.5 Å². The molecule has 8 nitrogen and oxygen atoms in total. The van der Waals surface area contributed by atoms with Crippen LogP contribution in [0.4, 0.5) is 0 Å². The van der Waals surface area contributed by atoms with Crippen LogP contribution < -0.4 is 4.74 Å². The number of carbonyl (C=O) groups is 2. The highest BCUT2D eigenvalue weighted by molar-refractivity contribution is 5.84. The molecule has 3 aliphatic heterocycles. The Bertz CT molecular complexity index is 1180. The zero-order valence-corrected chi connectivity index (χ0v) is 23.9. The minimum Gasteiger partial charge on any atom is -0.497 e. The molecule has 2 bridgehead atoms. The molecule has 6 atom stereocenters. The van der Waals surface area contributed by atoms with Crippen LogP contribution in [0.1, 0.15) is 58.1 Å². The van der Waals surface area contributed by atoms with Gasteiger partial charge in [0.25, 0.3) is 0 Å². The molecule has 2 aromatic rings. The molecule has 4 heterocycles. The molecule has 39 heavy (non-hydrogen) atoms. The Morgan fingerprint density at radius 3 is 2.69 bits per heavy atom. The topological polar surface area (TPSA) is 87.2 Å². The summed E-state index contributed by atoms with van der Waals surface area (Å²) in [6.45, 7) is 11.8. The molecule has 8 heteroatoms. The van der Waals surface area contributed by atoms with Crippen LogP contribution in [0.25, 0.3) is 10.9 Å². The fraction of sp³-hybridized carbons (Fsp3) is 0.581. The van der Waals surface area contributed by atoms with Crippen molar-refractivity contribution in [1.82, 2.24) is 9.88 Å². The molecule has 0 amide bonds. The molecule has 0 aliphatic carbocycles. The Kier molecular flexibility index (Phi) is 9.28. The zero-order chi connectivity index (χ0) is 28.2. The van der Waals surface area contributed by atoms with Crippen molar-refractivity contribution >= 4 is 22.8 Å². The normalized spacial score (nSPS) is 24.1. The molecule has 0 radical (unpaired) electrons. The summed E-state index contributed by atoms with van der Waals surface area (Å²) >= 11 is 0. The SMILES string of the molecule is C=C[C@H]1CN2CC[C@H]1C[C@H]2[C@H](OC(=O)C(CC)C(C)(C)OCCC(=O)OC)c1ccnc2ccc(OC)cc12. The summed E-state index contributed by atoms with van der Waals surface area (Å²) < 4.78 is 22.8. The third kappa shape index (κ3) is 6.28. The molecule has 1 aromatic heterocycles. The number of pyridine rings is 1. The maximum atomic E-state index is 13.9. The first-order valence-corrected chi connectivity index (χ1v) is 13.9. The Hall–Kier alpha value is -2.97. The fourth-order valence-electron chi connectivity index (χ4n) is 6.31. The van der Waals surface area contributed by atoms with Crippen LogP contribution in [0, 0.1) is 17.8 Å². The van der Waals surface area contributed by atoms with Gasteiger partial charge in [0.05, 0.1) is 50.3 Å². The van der Waals surface area contributed by atoms with Crippen LogP contribution in [0.5, 0.6) is 5.75 Å². The van der Waals surface area contributed by atoms with Gasteiger partial charge in [-0.15, -0.1) is 6.58 Å². The standard InChI is InChI=1S/C31H42N2O6/c1-7-20-19-33-15-12-21(20)17-27(33)29(23-11-14-32-26-10-9-22(36-5)18-24(23)26)39-30(35)25(8-2)31(3,4)38-16-13-28(34)37-6/h7,9-11,14,18,20-21,25,27,29H,1,8,12-13,15-17,19H2,2-6H3/t20-,21-,25?,27-,29+/m0/s1. The molecule has 2 unspecified atom stereocenters. The number of carbonyl (C=O) groups excluding carboxylic acids is 2.